The second kappa shape index (κ2) is 4.83. The maximum absolute atomic E-state index is 2.43. The van der Waals surface area contributed by atoms with E-state index in [0.717, 1.165) is 0 Å². The first-order chi connectivity index (χ1) is 10.1. The van der Waals surface area contributed by atoms with Gasteiger partial charge in [0, 0.05) is 28.9 Å². The normalized spacial score (nSPS) is 13.2. The quantitative estimate of drug-likeness (QED) is 0.615. The smallest absolute Gasteiger partial charge is 0.0776 e. The van der Waals surface area contributed by atoms with Crippen molar-refractivity contribution in [2.24, 2.45) is 7.05 Å². The molecular weight excluding hydrogens is 298 g/mol. The van der Waals surface area contributed by atoms with Gasteiger partial charge in [0.25, 0.3) is 0 Å². The summed E-state index contributed by atoms with van der Waals surface area (Å²) in [5.41, 5.74) is 2.75. The summed E-state index contributed by atoms with van der Waals surface area (Å²) in [5.74, 6) is 0. The third-order valence-corrected chi connectivity index (χ3v) is 8.83. The highest BCUT2D eigenvalue weighted by Crippen LogP contribution is 2.27. The predicted octanol–water partition coefficient (Wildman–Crippen LogP) is 4.42. The lowest BCUT2D eigenvalue weighted by Crippen LogP contribution is -2.37. The lowest BCUT2D eigenvalue weighted by molar-refractivity contribution is 1.02. The second-order valence-electron chi connectivity index (χ2n) is 8.52. The van der Waals surface area contributed by atoms with E-state index in [1.54, 1.807) is 0 Å². The summed E-state index contributed by atoms with van der Waals surface area (Å²) in [4.78, 5) is 0. The van der Waals surface area contributed by atoms with Gasteiger partial charge >= 0.3 is 0 Å². The Labute approximate surface area is 136 Å². The van der Waals surface area contributed by atoms with E-state index < -0.39 is 16.1 Å². The van der Waals surface area contributed by atoms with Crippen LogP contribution in [0.15, 0.2) is 36.4 Å². The molecule has 0 aliphatic carbocycles. The monoisotopic (exact) mass is 325 g/mol. The Morgan fingerprint density at radius 1 is 0.636 bits per heavy atom. The van der Waals surface area contributed by atoms with Crippen molar-refractivity contribution in [3.05, 3.63) is 36.4 Å². The molecule has 1 aromatic heterocycles. The third kappa shape index (κ3) is 2.46. The van der Waals surface area contributed by atoms with Crippen LogP contribution in [-0.2, 0) is 7.05 Å². The van der Waals surface area contributed by atoms with Gasteiger partial charge in [0.15, 0.2) is 0 Å². The summed E-state index contributed by atoms with van der Waals surface area (Å²) >= 11 is 0. The minimum absolute atomic E-state index is 1.27. The number of rotatable bonds is 2. The van der Waals surface area contributed by atoms with Crippen molar-refractivity contribution < 1.29 is 0 Å². The molecule has 0 bridgehead atoms. The molecule has 0 amide bonds. The van der Waals surface area contributed by atoms with E-state index in [2.05, 4.69) is 87.3 Å². The van der Waals surface area contributed by atoms with Crippen molar-refractivity contribution in [3.8, 4) is 0 Å². The van der Waals surface area contributed by atoms with Gasteiger partial charge in [-0.25, -0.2) is 0 Å². The molecule has 0 aliphatic rings. The van der Waals surface area contributed by atoms with Gasteiger partial charge in [-0.1, -0.05) is 73.9 Å². The standard InChI is InChI=1S/C19H27NSi2/c1-20-18-12-14(21(2,3)4)8-10-16(18)17-11-9-15(13-19(17)20)22(5,6)7/h8-13H,1-7H3. The van der Waals surface area contributed by atoms with Crippen LogP contribution >= 0.6 is 0 Å². The fourth-order valence-electron chi connectivity index (χ4n) is 3.14. The number of fused-ring (bicyclic) bond motifs is 3. The number of aryl methyl sites for hydroxylation is 1. The molecule has 1 nitrogen and oxygen atoms in total. The van der Waals surface area contributed by atoms with Crippen LogP contribution in [0.1, 0.15) is 0 Å². The van der Waals surface area contributed by atoms with Crippen LogP contribution in [0.25, 0.3) is 21.8 Å². The van der Waals surface area contributed by atoms with Gasteiger partial charge in [-0.15, -0.1) is 0 Å². The SMILES string of the molecule is Cn1c2cc([Si](C)(C)C)ccc2c2ccc([Si](C)(C)C)cc21. The van der Waals surface area contributed by atoms with Crippen LogP contribution < -0.4 is 10.4 Å². The molecule has 0 N–H and O–H groups in total. The van der Waals surface area contributed by atoms with Gasteiger partial charge in [-0.3, -0.25) is 0 Å². The van der Waals surface area contributed by atoms with E-state index in [1.807, 2.05) is 0 Å². The maximum Gasteiger partial charge on any atom is 0.0776 e. The van der Waals surface area contributed by atoms with Gasteiger partial charge in [-0.05, 0) is 12.1 Å². The minimum Gasteiger partial charge on any atom is -0.344 e. The molecule has 0 unspecified atom stereocenters. The maximum atomic E-state index is 2.43. The highest BCUT2D eigenvalue weighted by molar-refractivity contribution is 6.89. The van der Waals surface area contributed by atoms with Crippen molar-refractivity contribution in [2.75, 3.05) is 0 Å². The first-order valence-corrected chi connectivity index (χ1v) is 15.1. The molecule has 1 heterocycles. The lowest BCUT2D eigenvalue weighted by atomic mass is 10.1. The van der Waals surface area contributed by atoms with E-state index in [0.29, 0.717) is 0 Å². The largest absolute Gasteiger partial charge is 0.344 e. The highest BCUT2D eigenvalue weighted by Gasteiger charge is 2.20. The van der Waals surface area contributed by atoms with Gasteiger partial charge < -0.3 is 4.57 Å². The van der Waals surface area contributed by atoms with E-state index in [1.165, 1.54) is 32.2 Å². The van der Waals surface area contributed by atoms with Crippen LogP contribution in [0.3, 0.4) is 0 Å². The first-order valence-electron chi connectivity index (χ1n) is 8.12. The van der Waals surface area contributed by atoms with Crippen LogP contribution in [0.4, 0.5) is 0 Å². The zero-order chi connectivity index (χ0) is 16.3. The fraction of sp³-hybridized carbons (Fsp3) is 0.368. The van der Waals surface area contributed by atoms with E-state index in [4.69, 9.17) is 0 Å². The Balaban J connectivity index is 2.33. The summed E-state index contributed by atoms with van der Waals surface area (Å²) in [6.07, 6.45) is 0. The second-order valence-corrected chi connectivity index (χ2v) is 18.7. The van der Waals surface area contributed by atoms with Gasteiger partial charge in [0.2, 0.25) is 0 Å². The molecule has 3 aromatic rings. The van der Waals surface area contributed by atoms with E-state index in [9.17, 15) is 0 Å². The molecule has 0 spiro atoms. The molecule has 0 saturated heterocycles. The third-order valence-electron chi connectivity index (χ3n) is 4.74. The van der Waals surface area contributed by atoms with Crippen LogP contribution in [-0.4, -0.2) is 20.7 Å². The highest BCUT2D eigenvalue weighted by atomic mass is 28.3. The molecule has 116 valence electrons. The van der Waals surface area contributed by atoms with Crippen molar-refractivity contribution in [1.29, 1.82) is 0 Å². The molecular formula is C19H27NSi2. The van der Waals surface area contributed by atoms with Gasteiger partial charge in [0.1, 0.15) is 0 Å². The average Bonchev–Trinajstić information content (AvgIpc) is 2.70. The summed E-state index contributed by atoms with van der Waals surface area (Å²) in [5, 5.41) is 5.86. The summed E-state index contributed by atoms with van der Waals surface area (Å²) in [6.45, 7) is 14.5. The Bertz CT molecular complexity index is 790. The number of hydrogen-bond donors (Lipinski definition) is 0. The fourth-order valence-corrected chi connectivity index (χ4v) is 5.44. The summed E-state index contributed by atoms with van der Waals surface area (Å²) in [7, 11) is -0.324. The Morgan fingerprint density at radius 3 is 1.32 bits per heavy atom. The van der Waals surface area contributed by atoms with Crippen LogP contribution in [0.5, 0.6) is 0 Å². The molecule has 0 radical (unpaired) electrons. The predicted molar refractivity (Wildman–Crippen MR) is 106 cm³/mol. The number of benzene rings is 2. The Hall–Kier alpha value is -1.33. The zero-order valence-corrected chi connectivity index (χ0v) is 16.9. The Morgan fingerprint density at radius 2 is 1.00 bits per heavy atom. The molecule has 3 heteroatoms. The molecule has 2 aromatic carbocycles. The molecule has 3 rings (SSSR count). The molecule has 0 fully saturated rings. The van der Waals surface area contributed by atoms with Crippen molar-refractivity contribution in [2.45, 2.75) is 39.3 Å². The molecule has 22 heavy (non-hydrogen) atoms. The van der Waals surface area contributed by atoms with E-state index in [-0.39, 0.29) is 0 Å². The van der Waals surface area contributed by atoms with Crippen molar-refractivity contribution in [3.63, 3.8) is 0 Å². The zero-order valence-electron chi connectivity index (χ0n) is 14.9. The molecule has 0 atom stereocenters. The first kappa shape index (κ1) is 15.6. The van der Waals surface area contributed by atoms with Crippen LogP contribution in [0.2, 0.25) is 39.3 Å². The minimum atomic E-state index is -1.27. The average molecular weight is 326 g/mol. The number of hydrogen-bond acceptors (Lipinski definition) is 0. The molecule has 0 aliphatic heterocycles. The van der Waals surface area contributed by atoms with E-state index >= 15 is 0 Å². The van der Waals surface area contributed by atoms with Crippen LogP contribution in [0, 0.1) is 0 Å². The summed E-state index contributed by atoms with van der Waals surface area (Å²) < 4.78 is 2.39. The Kier molecular flexibility index (Phi) is 3.42. The topological polar surface area (TPSA) is 4.93 Å². The molecule has 0 saturated carbocycles. The van der Waals surface area contributed by atoms with Gasteiger partial charge in [0.05, 0.1) is 16.1 Å². The van der Waals surface area contributed by atoms with Crippen molar-refractivity contribution in [1.82, 2.24) is 4.57 Å². The number of nitrogens with zero attached hydrogens (tertiary/aromatic N) is 1. The lowest BCUT2D eigenvalue weighted by Gasteiger charge is -2.17. The van der Waals surface area contributed by atoms with Gasteiger partial charge in [-0.2, -0.15) is 0 Å². The number of aromatic nitrogens is 1. The summed E-state index contributed by atoms with van der Waals surface area (Å²) in [6, 6.07) is 14.2. The van der Waals surface area contributed by atoms with Crippen molar-refractivity contribution >= 4 is 48.3 Å².